The number of benzene rings is 1. The first kappa shape index (κ1) is 24.7. The molecule has 176 valence electrons. The van der Waals surface area contributed by atoms with E-state index in [1.807, 2.05) is 0 Å². The van der Waals surface area contributed by atoms with E-state index in [1.165, 1.54) is 25.0 Å². The van der Waals surface area contributed by atoms with Crippen LogP contribution in [-0.2, 0) is 6.18 Å². The van der Waals surface area contributed by atoms with Crippen molar-refractivity contribution in [1.82, 2.24) is 4.90 Å². The molecule has 31 heavy (non-hydrogen) atoms. The number of rotatable bonds is 4. The van der Waals surface area contributed by atoms with Crippen molar-refractivity contribution < 1.29 is 13.2 Å². The lowest BCUT2D eigenvalue weighted by atomic mass is 9.60. The lowest BCUT2D eigenvalue weighted by molar-refractivity contribution is -0.137. The largest absolute Gasteiger partial charge is 0.416 e. The van der Waals surface area contributed by atoms with Crippen molar-refractivity contribution in [2.24, 2.45) is 16.7 Å². The van der Waals surface area contributed by atoms with Crippen LogP contribution in [0.15, 0.2) is 18.2 Å². The van der Waals surface area contributed by atoms with Crippen molar-refractivity contribution in [3.05, 3.63) is 29.3 Å². The van der Waals surface area contributed by atoms with E-state index in [0.717, 1.165) is 69.2 Å². The van der Waals surface area contributed by atoms with E-state index in [1.54, 1.807) is 6.07 Å². The molecule has 0 unspecified atom stereocenters. The van der Waals surface area contributed by atoms with Crippen LogP contribution in [0, 0.1) is 16.7 Å². The Labute approximate surface area is 192 Å². The Morgan fingerprint density at radius 3 is 2.03 bits per heavy atom. The van der Waals surface area contributed by atoms with E-state index in [2.05, 4.69) is 37.5 Å². The molecule has 2 saturated carbocycles. The molecular weight excluding hydrogens is 421 g/mol. The molecule has 0 aromatic heterocycles. The molecule has 1 saturated heterocycles. The summed E-state index contributed by atoms with van der Waals surface area (Å²) in [6.07, 6.45) is 1.61. The molecule has 0 spiro atoms. The number of hydrogen-bond acceptors (Lipinski definition) is 2. The minimum Gasteiger partial charge on any atom is -0.369 e. The van der Waals surface area contributed by atoms with Crippen molar-refractivity contribution in [1.29, 1.82) is 0 Å². The zero-order chi connectivity index (χ0) is 21.7. The van der Waals surface area contributed by atoms with Gasteiger partial charge in [0.2, 0.25) is 0 Å². The minimum atomic E-state index is -4.30. The van der Waals surface area contributed by atoms with Gasteiger partial charge in [-0.15, -0.1) is 12.4 Å². The zero-order valence-electron chi connectivity index (χ0n) is 19.4. The molecular formula is C25H38ClF3N2. The van der Waals surface area contributed by atoms with E-state index in [9.17, 15) is 13.2 Å². The molecule has 0 N–H and O–H groups in total. The van der Waals surface area contributed by atoms with Gasteiger partial charge in [-0.1, -0.05) is 33.8 Å². The van der Waals surface area contributed by atoms with Gasteiger partial charge < -0.3 is 4.90 Å². The van der Waals surface area contributed by atoms with E-state index in [4.69, 9.17) is 0 Å². The van der Waals surface area contributed by atoms with E-state index in [0.29, 0.717) is 5.92 Å². The van der Waals surface area contributed by atoms with Gasteiger partial charge in [-0.2, -0.15) is 13.2 Å². The van der Waals surface area contributed by atoms with Crippen molar-refractivity contribution >= 4 is 18.1 Å². The summed E-state index contributed by atoms with van der Waals surface area (Å²) in [5.41, 5.74) is 1.84. The van der Waals surface area contributed by atoms with E-state index in [-0.39, 0.29) is 23.2 Å². The number of hydrogen-bond donors (Lipinski definition) is 0. The zero-order valence-corrected chi connectivity index (χ0v) is 20.2. The second-order valence-electron chi connectivity index (χ2n) is 11.6. The van der Waals surface area contributed by atoms with Gasteiger partial charge in [0.25, 0.3) is 0 Å². The Morgan fingerprint density at radius 1 is 0.935 bits per heavy atom. The van der Waals surface area contributed by atoms with Gasteiger partial charge >= 0.3 is 6.18 Å². The first-order chi connectivity index (χ1) is 13.9. The summed E-state index contributed by atoms with van der Waals surface area (Å²) in [5.74, 6) is 1.16. The second kappa shape index (κ2) is 8.78. The van der Waals surface area contributed by atoms with Crippen LogP contribution in [0.25, 0.3) is 0 Å². The van der Waals surface area contributed by atoms with Gasteiger partial charge in [-0.25, -0.2) is 0 Å². The number of nitrogens with zero attached hydrogens (tertiary/aromatic N) is 2. The molecule has 1 aromatic carbocycles. The molecule has 1 aliphatic heterocycles. The second-order valence-corrected chi connectivity index (χ2v) is 11.6. The van der Waals surface area contributed by atoms with E-state index >= 15 is 0 Å². The lowest BCUT2D eigenvalue weighted by Gasteiger charge is -2.46. The Morgan fingerprint density at radius 2 is 1.52 bits per heavy atom. The van der Waals surface area contributed by atoms with Crippen LogP contribution in [0.5, 0.6) is 0 Å². The van der Waals surface area contributed by atoms with Crippen LogP contribution >= 0.6 is 12.4 Å². The third kappa shape index (κ3) is 6.10. The number of anilines is 1. The smallest absolute Gasteiger partial charge is 0.369 e. The highest BCUT2D eigenvalue weighted by molar-refractivity contribution is 5.85. The number of halogens is 4. The maximum Gasteiger partial charge on any atom is 0.416 e. The fraction of sp³-hybridized carbons (Fsp3) is 0.760. The Hall–Kier alpha value is -0.940. The fourth-order valence-corrected chi connectivity index (χ4v) is 6.24. The van der Waals surface area contributed by atoms with Gasteiger partial charge in [-0.05, 0) is 72.5 Å². The third-order valence-electron chi connectivity index (χ3n) is 7.28. The van der Waals surface area contributed by atoms with Crippen LogP contribution < -0.4 is 4.90 Å². The topological polar surface area (TPSA) is 6.48 Å². The SMILES string of the molecule is CC1(C)CC(c2ccc(C(F)(F)F)cc2N2CCN(CC3CC3)CC2)CC(C)(C)C1.Cl. The molecule has 3 aliphatic rings. The van der Waals surface area contributed by atoms with Gasteiger partial charge in [0, 0.05) is 38.4 Å². The van der Waals surface area contributed by atoms with Crippen molar-refractivity contribution in [3.63, 3.8) is 0 Å². The maximum atomic E-state index is 13.5. The summed E-state index contributed by atoms with van der Waals surface area (Å²) in [7, 11) is 0. The van der Waals surface area contributed by atoms with Crippen molar-refractivity contribution in [3.8, 4) is 0 Å². The molecule has 3 fully saturated rings. The molecule has 4 rings (SSSR count). The predicted molar refractivity (Wildman–Crippen MR) is 124 cm³/mol. The molecule has 1 heterocycles. The molecule has 0 bridgehead atoms. The quantitative estimate of drug-likeness (QED) is 0.480. The average Bonchev–Trinajstić information content (AvgIpc) is 3.42. The van der Waals surface area contributed by atoms with Gasteiger partial charge in [0.05, 0.1) is 5.56 Å². The standard InChI is InChI=1S/C25H37F3N2.ClH/c1-23(2)14-19(15-24(3,4)17-23)21-8-7-20(25(26,27)28)13-22(21)30-11-9-29(10-12-30)16-18-5-6-18;/h7-8,13,18-19H,5-6,9-12,14-17H2,1-4H3;1H. The normalized spacial score (nSPS) is 24.7. The van der Waals surface area contributed by atoms with Crippen LogP contribution in [0.4, 0.5) is 18.9 Å². The van der Waals surface area contributed by atoms with Gasteiger partial charge in [0.15, 0.2) is 0 Å². The van der Waals surface area contributed by atoms with Gasteiger partial charge in [-0.3, -0.25) is 4.90 Å². The van der Waals surface area contributed by atoms with E-state index < -0.39 is 11.7 Å². The first-order valence-corrected chi connectivity index (χ1v) is 11.6. The van der Waals surface area contributed by atoms with Crippen molar-refractivity contribution in [2.75, 3.05) is 37.6 Å². The lowest BCUT2D eigenvalue weighted by Crippen LogP contribution is -2.47. The Bertz CT molecular complexity index is 747. The predicted octanol–water partition coefficient (Wildman–Crippen LogP) is 6.98. The Kier molecular flexibility index (Phi) is 6.99. The summed E-state index contributed by atoms with van der Waals surface area (Å²) < 4.78 is 40.6. The molecule has 6 heteroatoms. The summed E-state index contributed by atoms with van der Waals surface area (Å²) in [6.45, 7) is 13.9. The molecule has 0 amide bonds. The van der Waals surface area contributed by atoms with Crippen LogP contribution in [-0.4, -0.2) is 37.6 Å². The number of piperazine rings is 1. The summed E-state index contributed by atoms with van der Waals surface area (Å²) >= 11 is 0. The summed E-state index contributed by atoms with van der Waals surface area (Å²) in [4.78, 5) is 4.72. The molecule has 1 aromatic rings. The first-order valence-electron chi connectivity index (χ1n) is 11.6. The Balaban J connectivity index is 0.00000272. The summed E-state index contributed by atoms with van der Waals surface area (Å²) in [5, 5.41) is 0. The molecule has 0 radical (unpaired) electrons. The number of alkyl halides is 3. The summed E-state index contributed by atoms with van der Waals surface area (Å²) in [6, 6.07) is 4.52. The van der Waals surface area contributed by atoms with Crippen LogP contribution in [0.1, 0.15) is 76.8 Å². The maximum absolute atomic E-state index is 13.5. The van der Waals surface area contributed by atoms with Crippen LogP contribution in [0.2, 0.25) is 0 Å². The third-order valence-corrected chi connectivity index (χ3v) is 7.28. The highest BCUT2D eigenvalue weighted by Gasteiger charge is 2.41. The van der Waals surface area contributed by atoms with Crippen molar-refractivity contribution in [2.45, 2.75) is 71.9 Å². The fourth-order valence-electron chi connectivity index (χ4n) is 6.24. The molecule has 2 nitrogen and oxygen atoms in total. The monoisotopic (exact) mass is 458 g/mol. The minimum absolute atomic E-state index is 0. The average molecular weight is 459 g/mol. The highest BCUT2D eigenvalue weighted by atomic mass is 35.5. The van der Waals surface area contributed by atoms with Gasteiger partial charge in [0.1, 0.15) is 0 Å². The highest BCUT2D eigenvalue weighted by Crippen LogP contribution is 2.53. The molecule has 0 atom stereocenters. The molecule has 2 aliphatic carbocycles. The van der Waals surface area contributed by atoms with Crippen LogP contribution in [0.3, 0.4) is 0 Å².